The second-order valence-electron chi connectivity index (χ2n) is 10.4. The van der Waals surface area contributed by atoms with Gasteiger partial charge in [-0.15, -0.1) is 0 Å². The normalized spacial score (nSPS) is 31.0. The highest BCUT2D eigenvalue weighted by Gasteiger charge is 2.55. The van der Waals surface area contributed by atoms with E-state index in [1.807, 2.05) is 26.0 Å². The van der Waals surface area contributed by atoms with Gasteiger partial charge in [0.15, 0.2) is 0 Å². The van der Waals surface area contributed by atoms with Crippen LogP contribution in [0.1, 0.15) is 63.5 Å². The number of nitrogens with one attached hydrogen (secondary N) is 2. The van der Waals surface area contributed by atoms with Gasteiger partial charge in [0.1, 0.15) is 6.04 Å². The van der Waals surface area contributed by atoms with Crippen LogP contribution in [0.2, 0.25) is 0 Å². The zero-order chi connectivity index (χ0) is 20.6. The van der Waals surface area contributed by atoms with Crippen LogP contribution in [0.3, 0.4) is 0 Å². The molecule has 4 aliphatic carbocycles. The number of amides is 2. The lowest BCUT2D eigenvalue weighted by atomic mass is 9.49. The van der Waals surface area contributed by atoms with Crippen LogP contribution >= 0.6 is 0 Å². The van der Waals surface area contributed by atoms with Crippen LogP contribution in [-0.2, 0) is 16.0 Å². The number of hydrogen-bond donors (Lipinski definition) is 2. The van der Waals surface area contributed by atoms with Gasteiger partial charge in [-0.25, -0.2) is 0 Å². The van der Waals surface area contributed by atoms with Gasteiger partial charge < -0.3 is 10.6 Å². The molecule has 1 aromatic rings. The van der Waals surface area contributed by atoms with Crippen molar-refractivity contribution < 1.29 is 9.59 Å². The second kappa shape index (κ2) is 8.12. The van der Waals surface area contributed by atoms with Crippen LogP contribution in [0.5, 0.6) is 0 Å². The van der Waals surface area contributed by atoms with E-state index in [0.717, 1.165) is 43.4 Å². The summed E-state index contributed by atoms with van der Waals surface area (Å²) in [4.78, 5) is 26.3. The summed E-state index contributed by atoms with van der Waals surface area (Å²) in [6.45, 7) is 6.73. The maximum atomic E-state index is 13.4. The minimum atomic E-state index is -0.452. The van der Waals surface area contributed by atoms with Gasteiger partial charge >= 0.3 is 0 Å². The number of carbonyl (C=O) groups is 2. The predicted molar refractivity (Wildman–Crippen MR) is 115 cm³/mol. The summed E-state index contributed by atoms with van der Waals surface area (Å²) < 4.78 is 0. The molecule has 0 heterocycles. The minimum absolute atomic E-state index is 0.0494. The molecule has 4 heteroatoms. The van der Waals surface area contributed by atoms with Crippen molar-refractivity contribution in [3.05, 3.63) is 35.4 Å². The summed E-state index contributed by atoms with van der Waals surface area (Å²) in [5.41, 5.74) is 2.30. The summed E-state index contributed by atoms with van der Waals surface area (Å²) in [7, 11) is 0. The third-order valence-electron chi connectivity index (χ3n) is 7.71. The van der Waals surface area contributed by atoms with Crippen LogP contribution < -0.4 is 10.6 Å². The standard InChI is InChI=1S/C25H36N2O2/c1-16(2)22(23(28)26-9-8-21-7-5-4-6-17(21)3)27-24(29)25-13-18-10-19(14-25)12-20(11-18)15-25/h4-7,16,18-20,22H,8-15H2,1-3H3,(H,26,28)(H,27,29)/t18?,19?,20?,22-,25?/m1/s1. The Labute approximate surface area is 175 Å². The highest BCUT2D eigenvalue weighted by Crippen LogP contribution is 2.60. The van der Waals surface area contributed by atoms with Crippen molar-refractivity contribution in [1.82, 2.24) is 10.6 Å². The lowest BCUT2D eigenvalue weighted by Gasteiger charge is -2.55. The van der Waals surface area contributed by atoms with Crippen LogP contribution in [0.15, 0.2) is 24.3 Å². The molecule has 0 aromatic heterocycles. The Balaban J connectivity index is 1.36. The topological polar surface area (TPSA) is 58.2 Å². The van der Waals surface area contributed by atoms with Crippen LogP contribution in [0, 0.1) is 36.0 Å². The zero-order valence-electron chi connectivity index (χ0n) is 18.2. The SMILES string of the molecule is Cc1ccccc1CCNC(=O)[C@H](NC(=O)C12CC3CC(CC(C3)C1)C2)C(C)C. The number of aryl methyl sites for hydroxylation is 1. The molecule has 4 fully saturated rings. The lowest BCUT2D eigenvalue weighted by Crippen LogP contribution is -2.58. The molecule has 29 heavy (non-hydrogen) atoms. The van der Waals surface area contributed by atoms with Crippen molar-refractivity contribution in [2.75, 3.05) is 6.54 Å². The van der Waals surface area contributed by atoms with Gasteiger partial charge in [0, 0.05) is 12.0 Å². The number of rotatable bonds is 7. The Bertz CT molecular complexity index is 735. The molecule has 1 aromatic carbocycles. The average Bonchev–Trinajstić information content (AvgIpc) is 2.66. The monoisotopic (exact) mass is 396 g/mol. The van der Waals surface area contributed by atoms with Crippen LogP contribution in [0.4, 0.5) is 0 Å². The Morgan fingerprint density at radius 3 is 2.17 bits per heavy atom. The highest BCUT2D eigenvalue weighted by molar-refractivity contribution is 5.90. The molecule has 158 valence electrons. The number of hydrogen-bond acceptors (Lipinski definition) is 2. The number of benzene rings is 1. The summed E-state index contributed by atoms with van der Waals surface area (Å²) in [6, 6.07) is 7.82. The van der Waals surface area contributed by atoms with Crippen molar-refractivity contribution in [1.29, 1.82) is 0 Å². The predicted octanol–water partition coefficient (Wildman–Crippen LogP) is 4.01. The van der Waals surface area contributed by atoms with Gasteiger partial charge in [-0.05, 0) is 86.7 Å². The van der Waals surface area contributed by atoms with E-state index in [0.29, 0.717) is 6.54 Å². The molecule has 4 bridgehead atoms. The van der Waals surface area contributed by atoms with Gasteiger partial charge in [-0.1, -0.05) is 38.1 Å². The average molecular weight is 397 g/mol. The van der Waals surface area contributed by atoms with Crippen molar-refractivity contribution in [3.8, 4) is 0 Å². The maximum Gasteiger partial charge on any atom is 0.242 e. The van der Waals surface area contributed by atoms with Crippen molar-refractivity contribution in [2.45, 2.75) is 71.8 Å². The van der Waals surface area contributed by atoms with E-state index in [2.05, 4.69) is 29.7 Å². The van der Waals surface area contributed by atoms with Gasteiger partial charge in [-0.3, -0.25) is 9.59 Å². The van der Waals surface area contributed by atoms with Gasteiger partial charge in [0.05, 0.1) is 0 Å². The first-order valence-electron chi connectivity index (χ1n) is 11.5. The summed E-state index contributed by atoms with van der Waals surface area (Å²) in [5, 5.41) is 6.25. The molecule has 0 spiro atoms. The summed E-state index contributed by atoms with van der Waals surface area (Å²) >= 11 is 0. The Kier molecular flexibility index (Phi) is 5.72. The summed E-state index contributed by atoms with van der Waals surface area (Å²) in [5.74, 6) is 2.36. The smallest absolute Gasteiger partial charge is 0.242 e. The second-order valence-corrected chi connectivity index (χ2v) is 10.4. The maximum absolute atomic E-state index is 13.4. The van der Waals surface area contributed by atoms with Gasteiger partial charge in [0.25, 0.3) is 0 Å². The van der Waals surface area contributed by atoms with E-state index in [9.17, 15) is 9.59 Å². The molecule has 0 unspecified atom stereocenters. The molecular weight excluding hydrogens is 360 g/mol. The molecule has 2 N–H and O–H groups in total. The van der Waals surface area contributed by atoms with Gasteiger partial charge in [-0.2, -0.15) is 0 Å². The fourth-order valence-electron chi connectivity index (χ4n) is 6.54. The lowest BCUT2D eigenvalue weighted by molar-refractivity contribution is -0.149. The van der Waals surface area contributed by atoms with Gasteiger partial charge in [0.2, 0.25) is 11.8 Å². The molecule has 4 nitrogen and oxygen atoms in total. The third-order valence-corrected chi connectivity index (χ3v) is 7.71. The van der Waals surface area contributed by atoms with E-state index < -0.39 is 6.04 Å². The molecular formula is C25H36N2O2. The van der Waals surface area contributed by atoms with E-state index >= 15 is 0 Å². The molecule has 4 saturated carbocycles. The Morgan fingerprint density at radius 1 is 1.03 bits per heavy atom. The first-order valence-corrected chi connectivity index (χ1v) is 11.5. The van der Waals surface area contributed by atoms with E-state index in [4.69, 9.17) is 0 Å². The molecule has 1 atom stereocenters. The minimum Gasteiger partial charge on any atom is -0.354 e. The van der Waals surface area contributed by atoms with Crippen molar-refractivity contribution >= 4 is 11.8 Å². The quantitative estimate of drug-likeness (QED) is 0.732. The first-order chi connectivity index (χ1) is 13.9. The van der Waals surface area contributed by atoms with E-state index in [-0.39, 0.29) is 23.1 Å². The first kappa shape index (κ1) is 20.4. The Morgan fingerprint density at radius 2 is 1.62 bits per heavy atom. The molecule has 5 rings (SSSR count). The van der Waals surface area contributed by atoms with E-state index in [1.165, 1.54) is 30.4 Å². The molecule has 4 aliphatic rings. The Hall–Kier alpha value is -1.84. The molecule has 0 saturated heterocycles. The van der Waals surface area contributed by atoms with E-state index in [1.54, 1.807) is 0 Å². The molecule has 0 aliphatic heterocycles. The van der Waals surface area contributed by atoms with Crippen LogP contribution in [-0.4, -0.2) is 24.4 Å². The molecule has 2 amide bonds. The third kappa shape index (κ3) is 4.22. The zero-order valence-corrected chi connectivity index (χ0v) is 18.2. The fraction of sp³-hybridized carbons (Fsp3) is 0.680. The summed E-state index contributed by atoms with van der Waals surface area (Å²) in [6.07, 6.45) is 7.87. The van der Waals surface area contributed by atoms with Crippen molar-refractivity contribution in [3.63, 3.8) is 0 Å². The highest BCUT2D eigenvalue weighted by atomic mass is 16.2. The molecule has 0 radical (unpaired) electrons. The van der Waals surface area contributed by atoms with Crippen LogP contribution in [0.25, 0.3) is 0 Å². The fourth-order valence-corrected chi connectivity index (χ4v) is 6.54. The largest absolute Gasteiger partial charge is 0.354 e. The van der Waals surface area contributed by atoms with Crippen molar-refractivity contribution in [2.24, 2.45) is 29.1 Å². The number of carbonyl (C=O) groups excluding carboxylic acids is 2.